The third-order valence-electron chi connectivity index (χ3n) is 5.43. The Bertz CT molecular complexity index is 346. The summed E-state index contributed by atoms with van der Waals surface area (Å²) in [4.78, 5) is 0. The minimum atomic E-state index is 0.776. The summed E-state index contributed by atoms with van der Waals surface area (Å²) in [5, 5.41) is 3.37. The molecule has 0 saturated heterocycles. The molecular weight excluding hydrogens is 304 g/mol. The zero-order valence-corrected chi connectivity index (χ0v) is 17.3. The van der Waals surface area contributed by atoms with Gasteiger partial charge in [-0.1, -0.05) is 70.9 Å². The lowest BCUT2D eigenvalue weighted by molar-refractivity contribution is -0.555. The van der Waals surface area contributed by atoms with E-state index in [1.165, 1.54) is 103 Å². The minimum Gasteiger partial charge on any atom is -0.277 e. The number of unbranched alkanes of at least 4 members (excludes halogenated alkanes) is 10. The molecule has 0 aromatic carbocycles. The van der Waals surface area contributed by atoms with E-state index in [4.69, 9.17) is 0 Å². The number of nitrogens with zero attached hydrogens (tertiary/aromatic N) is 1. The van der Waals surface area contributed by atoms with Gasteiger partial charge in [-0.2, -0.15) is 0 Å². The maximum Gasteiger partial charge on any atom is 0.232 e. The number of nitrogens with one attached hydrogen (secondary N) is 1. The van der Waals surface area contributed by atoms with Gasteiger partial charge in [0.1, 0.15) is 13.1 Å². The van der Waals surface area contributed by atoms with Gasteiger partial charge >= 0.3 is 0 Å². The second-order valence-corrected chi connectivity index (χ2v) is 7.78. The second kappa shape index (κ2) is 16.7. The predicted octanol–water partition coefficient (Wildman–Crippen LogP) is 6.45. The molecule has 0 aliphatic carbocycles. The highest BCUT2D eigenvalue weighted by Crippen LogP contribution is 2.15. The largest absolute Gasteiger partial charge is 0.277 e. The number of allylic oxidation sites excluding steroid dienone is 2. The molecule has 0 amide bonds. The third-order valence-corrected chi connectivity index (χ3v) is 5.43. The van der Waals surface area contributed by atoms with Crippen LogP contribution in [-0.2, 0) is 0 Å². The predicted molar refractivity (Wildman–Crippen MR) is 113 cm³/mol. The first-order valence-corrected chi connectivity index (χ1v) is 11.4. The number of rotatable bonds is 17. The highest BCUT2D eigenvalue weighted by Gasteiger charge is 2.19. The molecule has 1 rings (SSSR count). The Morgan fingerprint density at radius 1 is 0.800 bits per heavy atom. The summed E-state index contributed by atoms with van der Waals surface area (Å²) >= 11 is 0. The molecule has 1 atom stereocenters. The van der Waals surface area contributed by atoms with Crippen LogP contribution in [0.15, 0.2) is 12.2 Å². The van der Waals surface area contributed by atoms with Gasteiger partial charge in [0, 0.05) is 0 Å². The standard InChI is InChI=1S/C23H44N2/c1-3-5-7-8-9-10-11-12-13-14-15-16-17-19-23(18-6-4-2)25-21-20-24-22-25/h12-13,22-23H,3-11,14-21H2,1-2H3/p+1. The molecule has 25 heavy (non-hydrogen) atoms. The summed E-state index contributed by atoms with van der Waals surface area (Å²) in [5.41, 5.74) is 0. The molecule has 146 valence electrons. The van der Waals surface area contributed by atoms with Crippen molar-refractivity contribution in [2.45, 2.75) is 116 Å². The zero-order valence-electron chi connectivity index (χ0n) is 17.3. The highest BCUT2D eigenvalue weighted by atomic mass is 15.2. The Balaban J connectivity index is 1.96. The van der Waals surface area contributed by atoms with Crippen LogP contribution in [0.4, 0.5) is 0 Å². The zero-order chi connectivity index (χ0) is 18.0. The summed E-state index contributed by atoms with van der Waals surface area (Å²) in [5.74, 6) is 0. The lowest BCUT2D eigenvalue weighted by atomic mass is 10.0. The van der Waals surface area contributed by atoms with Gasteiger partial charge in [0.2, 0.25) is 6.34 Å². The van der Waals surface area contributed by atoms with Gasteiger partial charge in [0.15, 0.2) is 0 Å². The summed E-state index contributed by atoms with van der Waals surface area (Å²) in [6.45, 7) is 6.93. The summed E-state index contributed by atoms with van der Waals surface area (Å²) in [7, 11) is 0. The Labute approximate surface area is 158 Å². The van der Waals surface area contributed by atoms with Gasteiger partial charge in [-0.25, -0.2) is 0 Å². The first kappa shape index (κ1) is 22.3. The molecule has 0 aromatic heterocycles. The smallest absolute Gasteiger partial charge is 0.232 e. The molecule has 1 N–H and O–H groups in total. The number of hydrogen-bond acceptors (Lipinski definition) is 1. The van der Waals surface area contributed by atoms with Gasteiger partial charge in [0.05, 0.1) is 6.04 Å². The molecule has 1 aliphatic heterocycles. The van der Waals surface area contributed by atoms with Crippen LogP contribution in [0.25, 0.3) is 0 Å². The Morgan fingerprint density at radius 2 is 1.40 bits per heavy atom. The molecule has 0 aromatic rings. The molecule has 2 heteroatoms. The molecule has 0 fully saturated rings. The van der Waals surface area contributed by atoms with Crippen molar-refractivity contribution in [2.24, 2.45) is 0 Å². The first-order valence-electron chi connectivity index (χ1n) is 11.4. The van der Waals surface area contributed by atoms with Crippen LogP contribution in [0, 0.1) is 0 Å². The highest BCUT2D eigenvalue weighted by molar-refractivity contribution is 5.49. The molecule has 0 bridgehead atoms. The van der Waals surface area contributed by atoms with E-state index in [2.05, 4.69) is 42.2 Å². The van der Waals surface area contributed by atoms with Crippen LogP contribution in [-0.4, -0.2) is 30.0 Å². The van der Waals surface area contributed by atoms with E-state index in [0.717, 1.165) is 12.6 Å². The molecular formula is C23H45N2+. The summed E-state index contributed by atoms with van der Waals surface area (Å²) < 4.78 is 2.55. The maximum absolute atomic E-state index is 3.37. The van der Waals surface area contributed by atoms with Crippen LogP contribution in [0.5, 0.6) is 0 Å². The van der Waals surface area contributed by atoms with Crippen LogP contribution in [0.1, 0.15) is 110 Å². The van der Waals surface area contributed by atoms with Crippen molar-refractivity contribution in [2.75, 3.05) is 13.1 Å². The van der Waals surface area contributed by atoms with Gasteiger partial charge in [-0.15, -0.1) is 0 Å². The summed E-state index contributed by atoms with van der Waals surface area (Å²) in [6.07, 6.45) is 27.7. The Kier molecular flexibility index (Phi) is 14.8. The van der Waals surface area contributed by atoms with E-state index in [9.17, 15) is 0 Å². The SMILES string of the molecule is CCCCCCCCC=CCCCCCC(CCCC)[N+]1=CNCC1. The average Bonchev–Trinajstić information content (AvgIpc) is 3.16. The van der Waals surface area contributed by atoms with Crippen molar-refractivity contribution >= 4 is 6.34 Å². The van der Waals surface area contributed by atoms with Gasteiger partial charge < -0.3 is 0 Å². The van der Waals surface area contributed by atoms with Gasteiger partial charge in [-0.3, -0.25) is 9.89 Å². The monoisotopic (exact) mass is 349 g/mol. The molecule has 0 spiro atoms. The fraction of sp³-hybridized carbons (Fsp3) is 0.870. The van der Waals surface area contributed by atoms with Crippen LogP contribution < -0.4 is 5.32 Å². The Hall–Kier alpha value is -0.790. The fourth-order valence-electron chi connectivity index (χ4n) is 3.74. The van der Waals surface area contributed by atoms with Crippen molar-refractivity contribution in [3.8, 4) is 0 Å². The van der Waals surface area contributed by atoms with Crippen molar-refractivity contribution < 1.29 is 4.58 Å². The lowest BCUT2D eigenvalue weighted by Gasteiger charge is -2.16. The topological polar surface area (TPSA) is 15.0 Å². The molecule has 0 radical (unpaired) electrons. The van der Waals surface area contributed by atoms with E-state index < -0.39 is 0 Å². The van der Waals surface area contributed by atoms with Crippen molar-refractivity contribution in [3.05, 3.63) is 12.2 Å². The number of hydrogen-bond donors (Lipinski definition) is 1. The molecule has 1 aliphatic rings. The fourth-order valence-corrected chi connectivity index (χ4v) is 3.74. The molecule has 1 unspecified atom stereocenters. The van der Waals surface area contributed by atoms with E-state index in [-0.39, 0.29) is 0 Å². The first-order chi connectivity index (χ1) is 12.4. The average molecular weight is 350 g/mol. The molecule has 1 heterocycles. The minimum absolute atomic E-state index is 0.776. The van der Waals surface area contributed by atoms with Crippen molar-refractivity contribution in [1.82, 2.24) is 5.32 Å². The molecule has 0 saturated carbocycles. The summed E-state index contributed by atoms with van der Waals surface area (Å²) in [6, 6.07) is 0.776. The lowest BCUT2D eigenvalue weighted by Crippen LogP contribution is -2.26. The van der Waals surface area contributed by atoms with E-state index in [0.29, 0.717) is 0 Å². The molecule has 2 nitrogen and oxygen atoms in total. The van der Waals surface area contributed by atoms with E-state index in [1.807, 2.05) is 0 Å². The van der Waals surface area contributed by atoms with E-state index in [1.54, 1.807) is 0 Å². The quantitative estimate of drug-likeness (QED) is 0.181. The van der Waals surface area contributed by atoms with Crippen LogP contribution in [0.2, 0.25) is 0 Å². The van der Waals surface area contributed by atoms with Crippen molar-refractivity contribution in [1.29, 1.82) is 0 Å². The van der Waals surface area contributed by atoms with Gasteiger partial charge in [0.25, 0.3) is 0 Å². The van der Waals surface area contributed by atoms with E-state index >= 15 is 0 Å². The second-order valence-electron chi connectivity index (χ2n) is 7.78. The Morgan fingerprint density at radius 3 is 2.04 bits per heavy atom. The maximum atomic E-state index is 3.37. The van der Waals surface area contributed by atoms with Crippen molar-refractivity contribution in [3.63, 3.8) is 0 Å². The third kappa shape index (κ3) is 12.2. The van der Waals surface area contributed by atoms with Crippen LogP contribution in [0.3, 0.4) is 0 Å². The van der Waals surface area contributed by atoms with Gasteiger partial charge in [-0.05, 0) is 51.4 Å². The van der Waals surface area contributed by atoms with Crippen LogP contribution >= 0.6 is 0 Å². The normalized spacial score (nSPS) is 15.5.